The smallest absolute Gasteiger partial charge is 0.353 e. The number of carboxylic acids is 1. The number of rotatable bonds is 2. The average Bonchev–Trinajstić information content (AvgIpc) is 2.56. The number of aromatic nitrogens is 1. The molecule has 0 bridgehead atoms. The molecule has 0 aliphatic carbocycles. The van der Waals surface area contributed by atoms with Gasteiger partial charge in [0.1, 0.15) is 5.69 Å². The molecule has 78 valence electrons. The van der Waals surface area contributed by atoms with Gasteiger partial charge < -0.3 is 14.6 Å². The summed E-state index contributed by atoms with van der Waals surface area (Å²) in [6, 6.07) is 6.53. The highest BCUT2D eigenvalue weighted by Gasteiger charge is 2.16. The van der Waals surface area contributed by atoms with Crippen molar-refractivity contribution in [3.8, 4) is 0 Å². The minimum atomic E-state index is -2.57. The lowest BCUT2D eigenvalue weighted by Crippen LogP contribution is -2.02. The second-order valence-corrected chi connectivity index (χ2v) is 3.79. The van der Waals surface area contributed by atoms with Gasteiger partial charge in [-0.05, 0) is 17.1 Å². The number of hydrogen-bond donors (Lipinski definition) is 2. The molecule has 0 saturated heterocycles. The summed E-state index contributed by atoms with van der Waals surface area (Å²) < 4.78 is 21.8. The van der Waals surface area contributed by atoms with E-state index in [9.17, 15) is 13.6 Å². The zero-order chi connectivity index (χ0) is 11.0. The van der Waals surface area contributed by atoms with Gasteiger partial charge in [0.05, 0.1) is 4.90 Å². The largest absolute Gasteiger partial charge is 0.768 e. The summed E-state index contributed by atoms with van der Waals surface area (Å²) in [5.74, 6) is -1.29. The van der Waals surface area contributed by atoms with Crippen molar-refractivity contribution in [2.24, 2.45) is 0 Å². The van der Waals surface area contributed by atoms with E-state index in [1.54, 1.807) is 24.3 Å². The molecule has 2 rings (SSSR count). The van der Waals surface area contributed by atoms with Gasteiger partial charge in [-0.2, -0.15) is 0 Å². The van der Waals surface area contributed by atoms with Gasteiger partial charge in [-0.3, -0.25) is 4.21 Å². The molecule has 5 nitrogen and oxygen atoms in total. The number of aromatic amines is 1. The molecule has 0 spiro atoms. The van der Waals surface area contributed by atoms with Crippen molar-refractivity contribution in [3.63, 3.8) is 0 Å². The van der Waals surface area contributed by atoms with Crippen LogP contribution in [-0.2, 0) is 11.1 Å². The van der Waals surface area contributed by atoms with Crippen LogP contribution in [0.3, 0.4) is 0 Å². The fourth-order valence-electron chi connectivity index (χ4n) is 1.44. The van der Waals surface area contributed by atoms with Crippen molar-refractivity contribution in [2.75, 3.05) is 0 Å². The molecule has 2 N–H and O–H groups in total. The van der Waals surface area contributed by atoms with E-state index in [1.807, 2.05) is 0 Å². The maximum atomic E-state index is 10.9. The number of carbonyl (C=O) groups is 1. The number of H-pyrrole nitrogens is 1. The molecule has 0 fully saturated rings. The van der Waals surface area contributed by atoms with Crippen LogP contribution in [0, 0.1) is 0 Å². The summed E-state index contributed by atoms with van der Waals surface area (Å²) in [4.78, 5) is 13.1. The summed E-state index contributed by atoms with van der Waals surface area (Å²) in [7, 11) is 0. The molecule has 1 unspecified atom stereocenters. The maximum absolute atomic E-state index is 10.9. The fraction of sp³-hybridized carbons (Fsp3) is 0. The van der Waals surface area contributed by atoms with Crippen LogP contribution >= 0.6 is 0 Å². The zero-order valence-corrected chi connectivity index (χ0v) is 8.21. The Balaban J connectivity index is 2.86. The molecular formula is C9H6NO4S-. The first-order valence-electron chi connectivity index (χ1n) is 4.04. The van der Waals surface area contributed by atoms with Gasteiger partial charge in [-0.15, -0.1) is 0 Å². The molecule has 1 heterocycles. The minimum Gasteiger partial charge on any atom is -0.768 e. The molecule has 6 heteroatoms. The number of carboxylic acid groups (broad SMARTS) is 1. The SMILES string of the molecule is O=C(O)c1[nH]c2ccccc2c1S(=O)[O-]. The highest BCUT2D eigenvalue weighted by molar-refractivity contribution is 7.79. The normalized spacial score (nSPS) is 12.9. The molecule has 0 saturated carbocycles. The predicted molar refractivity (Wildman–Crippen MR) is 52.4 cm³/mol. The van der Waals surface area contributed by atoms with Crippen LogP contribution in [-0.4, -0.2) is 24.8 Å². The van der Waals surface area contributed by atoms with Gasteiger partial charge in [-0.25, -0.2) is 4.79 Å². The highest BCUT2D eigenvalue weighted by Crippen LogP contribution is 2.24. The van der Waals surface area contributed by atoms with E-state index < -0.39 is 17.0 Å². The first kappa shape index (κ1) is 9.88. The van der Waals surface area contributed by atoms with Gasteiger partial charge in [0.2, 0.25) is 0 Å². The maximum Gasteiger partial charge on any atom is 0.353 e. The summed E-state index contributed by atoms with van der Waals surface area (Å²) in [5, 5.41) is 9.20. The topological polar surface area (TPSA) is 93.2 Å². The van der Waals surface area contributed by atoms with Gasteiger partial charge >= 0.3 is 5.97 Å². The van der Waals surface area contributed by atoms with Crippen molar-refractivity contribution in [2.45, 2.75) is 4.90 Å². The van der Waals surface area contributed by atoms with E-state index in [1.165, 1.54) is 0 Å². The highest BCUT2D eigenvalue weighted by atomic mass is 32.2. The van der Waals surface area contributed by atoms with Crippen LogP contribution in [0.4, 0.5) is 0 Å². The van der Waals surface area contributed by atoms with E-state index in [4.69, 9.17) is 5.11 Å². The van der Waals surface area contributed by atoms with Crippen molar-refractivity contribution in [1.82, 2.24) is 4.98 Å². The number of fused-ring (bicyclic) bond motifs is 1. The second-order valence-electron chi connectivity index (χ2n) is 2.91. The van der Waals surface area contributed by atoms with Crippen molar-refractivity contribution in [1.29, 1.82) is 0 Å². The van der Waals surface area contributed by atoms with E-state index >= 15 is 0 Å². The third-order valence-electron chi connectivity index (χ3n) is 2.04. The number of nitrogens with one attached hydrogen (secondary N) is 1. The van der Waals surface area contributed by atoms with Crippen LogP contribution in [0.5, 0.6) is 0 Å². The average molecular weight is 224 g/mol. The first-order chi connectivity index (χ1) is 7.11. The van der Waals surface area contributed by atoms with Crippen LogP contribution in [0.25, 0.3) is 10.9 Å². The number of para-hydroxylation sites is 1. The Kier molecular flexibility index (Phi) is 2.29. The van der Waals surface area contributed by atoms with Crippen molar-refractivity contribution < 1.29 is 18.7 Å². The molecule has 1 aromatic heterocycles. The van der Waals surface area contributed by atoms with Gasteiger partial charge in [0, 0.05) is 10.9 Å². The molecule has 1 atom stereocenters. The summed E-state index contributed by atoms with van der Waals surface area (Å²) in [6.45, 7) is 0. The summed E-state index contributed by atoms with van der Waals surface area (Å²) in [6.07, 6.45) is 0. The number of benzene rings is 1. The lowest BCUT2D eigenvalue weighted by Gasteiger charge is -2.04. The molecular weight excluding hydrogens is 218 g/mol. The minimum absolute atomic E-state index is 0.196. The standard InChI is InChI=1S/C9H7NO4S/c11-9(12)7-8(15(13)14)5-3-1-2-4-6(5)10-7/h1-4,10H,(H,11,12)(H,13,14)/p-1. The summed E-state index contributed by atoms with van der Waals surface area (Å²) >= 11 is -2.57. The molecule has 0 aliphatic heterocycles. The summed E-state index contributed by atoms with van der Waals surface area (Å²) in [5.41, 5.74) is 0.193. The third-order valence-corrected chi connectivity index (χ3v) is 2.80. The van der Waals surface area contributed by atoms with Gasteiger partial charge in [-0.1, -0.05) is 18.2 Å². The van der Waals surface area contributed by atoms with E-state index in [-0.39, 0.29) is 10.6 Å². The Morgan fingerprint density at radius 3 is 2.67 bits per heavy atom. The zero-order valence-electron chi connectivity index (χ0n) is 7.39. The van der Waals surface area contributed by atoms with Crippen LogP contribution in [0.15, 0.2) is 29.2 Å². The van der Waals surface area contributed by atoms with Crippen LogP contribution in [0.2, 0.25) is 0 Å². The van der Waals surface area contributed by atoms with E-state index in [2.05, 4.69) is 4.98 Å². The number of hydrogen-bond acceptors (Lipinski definition) is 3. The second kappa shape index (κ2) is 3.48. The molecule has 2 aromatic rings. The molecule has 15 heavy (non-hydrogen) atoms. The Labute approximate surface area is 87.0 Å². The van der Waals surface area contributed by atoms with E-state index in [0.29, 0.717) is 10.9 Å². The first-order valence-corrected chi connectivity index (χ1v) is 5.12. The third kappa shape index (κ3) is 1.53. The predicted octanol–water partition coefficient (Wildman–Crippen LogP) is 1.10. The molecule has 0 amide bonds. The molecule has 0 aliphatic rings. The number of aromatic carboxylic acids is 1. The quantitative estimate of drug-likeness (QED) is 0.747. The molecule has 0 radical (unpaired) electrons. The van der Waals surface area contributed by atoms with Gasteiger partial charge in [0.15, 0.2) is 0 Å². The Morgan fingerprint density at radius 2 is 2.07 bits per heavy atom. The lowest BCUT2D eigenvalue weighted by molar-refractivity contribution is 0.0687. The van der Waals surface area contributed by atoms with Crippen LogP contribution < -0.4 is 0 Å². The Hall–Kier alpha value is -1.66. The van der Waals surface area contributed by atoms with E-state index in [0.717, 1.165) is 0 Å². The van der Waals surface area contributed by atoms with Gasteiger partial charge in [0.25, 0.3) is 0 Å². The lowest BCUT2D eigenvalue weighted by atomic mass is 10.2. The van der Waals surface area contributed by atoms with Crippen molar-refractivity contribution in [3.05, 3.63) is 30.0 Å². The monoisotopic (exact) mass is 224 g/mol. The van der Waals surface area contributed by atoms with Crippen LogP contribution in [0.1, 0.15) is 10.5 Å². The fourth-order valence-corrected chi connectivity index (χ4v) is 2.10. The Morgan fingerprint density at radius 1 is 1.40 bits per heavy atom. The van der Waals surface area contributed by atoms with Crippen molar-refractivity contribution >= 4 is 28.0 Å². The Bertz CT molecular complexity index is 560. The molecule has 1 aromatic carbocycles.